The Kier molecular flexibility index (Phi) is 4.46. The highest BCUT2D eigenvalue weighted by atomic mass is 16.2. The number of nitrogens with zero attached hydrogens (tertiary/aromatic N) is 3. The fraction of sp³-hybridized carbons (Fsp3) is 0.278. The van der Waals surface area contributed by atoms with Crippen molar-refractivity contribution in [3.05, 3.63) is 69.0 Å². The Hall–Kier alpha value is -2.89. The van der Waals surface area contributed by atoms with Crippen molar-refractivity contribution < 1.29 is 0 Å². The number of aromatic nitrogens is 3. The number of benzene rings is 1. The van der Waals surface area contributed by atoms with Crippen LogP contribution in [0.3, 0.4) is 0 Å². The third-order valence-electron chi connectivity index (χ3n) is 4.14. The third kappa shape index (κ3) is 2.95. The maximum Gasteiger partial charge on any atom is 0.332 e. The van der Waals surface area contributed by atoms with Gasteiger partial charge >= 0.3 is 5.69 Å². The highest BCUT2D eigenvalue weighted by molar-refractivity contribution is 5.87. The predicted molar refractivity (Wildman–Crippen MR) is 95.5 cm³/mol. The smallest absolute Gasteiger partial charge is 0.332 e. The summed E-state index contributed by atoms with van der Waals surface area (Å²) < 4.78 is 2.51. The summed E-state index contributed by atoms with van der Waals surface area (Å²) in [6.45, 7) is 0.736. The first-order chi connectivity index (χ1) is 11.6. The first-order valence-electron chi connectivity index (χ1n) is 7.92. The molecule has 2 aromatic heterocycles. The lowest BCUT2D eigenvalue weighted by Crippen LogP contribution is -2.37. The molecule has 1 aromatic carbocycles. The van der Waals surface area contributed by atoms with Crippen LogP contribution in [0.1, 0.15) is 12.0 Å². The fourth-order valence-corrected chi connectivity index (χ4v) is 2.79. The van der Waals surface area contributed by atoms with Gasteiger partial charge in [-0.3, -0.25) is 13.9 Å². The molecule has 24 heavy (non-hydrogen) atoms. The maximum absolute atomic E-state index is 12.4. The number of nitrogens with one attached hydrogen (secondary N) is 1. The van der Waals surface area contributed by atoms with Crippen LogP contribution in [-0.4, -0.2) is 20.7 Å². The lowest BCUT2D eigenvalue weighted by molar-refractivity contribution is 0.707. The SMILES string of the molecule is Cn1c(=O)c2c(NCCCc3ccccc3)ccnc2n(C)c1=O. The normalized spacial score (nSPS) is 10.9. The topological polar surface area (TPSA) is 68.9 Å². The molecule has 0 unspecified atom stereocenters. The second-order valence-corrected chi connectivity index (χ2v) is 5.78. The van der Waals surface area contributed by atoms with E-state index < -0.39 is 0 Å². The minimum Gasteiger partial charge on any atom is -0.384 e. The van der Waals surface area contributed by atoms with E-state index >= 15 is 0 Å². The van der Waals surface area contributed by atoms with Crippen LogP contribution in [0.4, 0.5) is 5.69 Å². The minimum atomic E-state index is -0.374. The molecule has 124 valence electrons. The highest BCUT2D eigenvalue weighted by Crippen LogP contribution is 2.16. The highest BCUT2D eigenvalue weighted by Gasteiger charge is 2.12. The molecule has 2 heterocycles. The molecule has 0 saturated heterocycles. The fourth-order valence-electron chi connectivity index (χ4n) is 2.79. The van der Waals surface area contributed by atoms with Gasteiger partial charge in [0.15, 0.2) is 5.65 Å². The molecule has 0 fully saturated rings. The molecule has 0 atom stereocenters. The summed E-state index contributed by atoms with van der Waals surface area (Å²) >= 11 is 0. The monoisotopic (exact) mass is 324 g/mol. The zero-order valence-electron chi connectivity index (χ0n) is 13.8. The van der Waals surface area contributed by atoms with E-state index in [0.29, 0.717) is 16.7 Å². The summed E-state index contributed by atoms with van der Waals surface area (Å²) in [6.07, 6.45) is 3.52. The Morgan fingerprint density at radius 2 is 1.79 bits per heavy atom. The van der Waals surface area contributed by atoms with Crippen LogP contribution in [0, 0.1) is 0 Å². The maximum atomic E-state index is 12.4. The number of aryl methyl sites for hydroxylation is 2. The number of hydrogen-bond acceptors (Lipinski definition) is 4. The Morgan fingerprint density at radius 1 is 1.04 bits per heavy atom. The molecular formula is C18H20N4O2. The van der Waals surface area contributed by atoms with Crippen LogP contribution in [0.15, 0.2) is 52.2 Å². The first-order valence-corrected chi connectivity index (χ1v) is 7.92. The van der Waals surface area contributed by atoms with Crippen molar-refractivity contribution in [2.45, 2.75) is 12.8 Å². The molecule has 0 aliphatic heterocycles. The molecule has 6 heteroatoms. The average molecular weight is 324 g/mol. The van der Waals surface area contributed by atoms with Crippen LogP contribution >= 0.6 is 0 Å². The van der Waals surface area contributed by atoms with E-state index in [-0.39, 0.29) is 11.2 Å². The minimum absolute atomic E-state index is 0.327. The summed E-state index contributed by atoms with van der Waals surface area (Å²) in [7, 11) is 3.10. The first kappa shape index (κ1) is 16.0. The molecule has 1 N–H and O–H groups in total. The number of hydrogen-bond donors (Lipinski definition) is 1. The molecule has 6 nitrogen and oxygen atoms in total. The standard InChI is InChI=1S/C18H20N4O2/c1-21-16-15(17(23)22(2)18(21)24)14(10-12-20-16)19-11-6-9-13-7-4-3-5-8-13/h3-5,7-8,10,12H,6,9,11H2,1-2H3,(H,19,20). The molecule has 0 aliphatic carbocycles. The van der Waals surface area contributed by atoms with Crippen LogP contribution in [0.2, 0.25) is 0 Å². The van der Waals surface area contributed by atoms with E-state index in [4.69, 9.17) is 0 Å². The molecule has 0 amide bonds. The lowest BCUT2D eigenvalue weighted by atomic mass is 10.1. The van der Waals surface area contributed by atoms with E-state index in [2.05, 4.69) is 22.4 Å². The van der Waals surface area contributed by atoms with Gasteiger partial charge in [-0.15, -0.1) is 0 Å². The van der Waals surface area contributed by atoms with Crippen molar-refractivity contribution in [3.63, 3.8) is 0 Å². The molecule has 0 radical (unpaired) electrons. The van der Waals surface area contributed by atoms with Gasteiger partial charge in [-0.05, 0) is 24.5 Å². The quantitative estimate of drug-likeness (QED) is 0.725. The molecule has 0 saturated carbocycles. The summed E-state index contributed by atoms with van der Waals surface area (Å²) in [5.41, 5.74) is 1.70. The zero-order valence-corrected chi connectivity index (χ0v) is 13.8. The van der Waals surface area contributed by atoms with Gasteiger partial charge in [0.1, 0.15) is 5.39 Å². The summed E-state index contributed by atoms with van der Waals surface area (Å²) in [6, 6.07) is 12.1. The summed E-state index contributed by atoms with van der Waals surface area (Å²) in [5, 5.41) is 3.75. The molecule has 0 spiro atoms. The van der Waals surface area contributed by atoms with Crippen LogP contribution in [-0.2, 0) is 20.5 Å². The lowest BCUT2D eigenvalue weighted by Gasteiger charge is -2.12. The molecule has 0 bridgehead atoms. The second kappa shape index (κ2) is 6.70. The average Bonchev–Trinajstić information content (AvgIpc) is 2.62. The number of fused-ring (bicyclic) bond motifs is 1. The Balaban J connectivity index is 1.83. The van der Waals surface area contributed by atoms with Gasteiger partial charge in [-0.2, -0.15) is 0 Å². The Labute approximate surface area is 139 Å². The van der Waals surface area contributed by atoms with Crippen LogP contribution in [0.25, 0.3) is 11.0 Å². The summed E-state index contributed by atoms with van der Waals surface area (Å²) in [5.74, 6) is 0. The van der Waals surface area contributed by atoms with E-state index in [1.165, 1.54) is 17.2 Å². The van der Waals surface area contributed by atoms with Crippen molar-refractivity contribution in [3.8, 4) is 0 Å². The van der Waals surface area contributed by atoms with Crippen LogP contribution < -0.4 is 16.6 Å². The number of anilines is 1. The third-order valence-corrected chi connectivity index (χ3v) is 4.14. The van der Waals surface area contributed by atoms with Gasteiger partial charge in [0.05, 0.1) is 5.69 Å². The predicted octanol–water partition coefficient (Wildman–Crippen LogP) is 1.68. The summed E-state index contributed by atoms with van der Waals surface area (Å²) in [4.78, 5) is 28.6. The molecule has 0 aliphatic rings. The van der Waals surface area contributed by atoms with Gasteiger partial charge in [-0.25, -0.2) is 9.78 Å². The van der Waals surface area contributed by atoms with Crippen LogP contribution in [0.5, 0.6) is 0 Å². The van der Waals surface area contributed by atoms with Crippen molar-refractivity contribution >= 4 is 16.7 Å². The van der Waals surface area contributed by atoms with E-state index in [9.17, 15) is 9.59 Å². The zero-order chi connectivity index (χ0) is 17.1. The number of pyridine rings is 1. The Morgan fingerprint density at radius 3 is 2.54 bits per heavy atom. The van der Waals surface area contributed by atoms with E-state index in [1.807, 2.05) is 18.2 Å². The Bertz CT molecular complexity index is 974. The van der Waals surface area contributed by atoms with Gasteiger partial charge < -0.3 is 5.32 Å². The molecule has 3 aromatic rings. The van der Waals surface area contributed by atoms with Gasteiger partial charge in [0, 0.05) is 26.8 Å². The molecule has 3 rings (SSSR count). The number of rotatable bonds is 5. The van der Waals surface area contributed by atoms with E-state index in [1.54, 1.807) is 19.3 Å². The van der Waals surface area contributed by atoms with Crippen molar-refractivity contribution in [1.29, 1.82) is 0 Å². The van der Waals surface area contributed by atoms with E-state index in [0.717, 1.165) is 24.0 Å². The second-order valence-electron chi connectivity index (χ2n) is 5.78. The molecular weight excluding hydrogens is 304 g/mol. The van der Waals surface area contributed by atoms with Gasteiger partial charge in [-0.1, -0.05) is 30.3 Å². The van der Waals surface area contributed by atoms with Crippen molar-refractivity contribution in [1.82, 2.24) is 14.1 Å². The van der Waals surface area contributed by atoms with Crippen molar-refractivity contribution in [2.75, 3.05) is 11.9 Å². The largest absolute Gasteiger partial charge is 0.384 e. The van der Waals surface area contributed by atoms with Gasteiger partial charge in [0.2, 0.25) is 0 Å². The van der Waals surface area contributed by atoms with Gasteiger partial charge in [0.25, 0.3) is 5.56 Å². The van der Waals surface area contributed by atoms with Crippen molar-refractivity contribution in [2.24, 2.45) is 14.1 Å².